The summed E-state index contributed by atoms with van der Waals surface area (Å²) < 4.78 is 1.83. The molecule has 0 aliphatic carbocycles. The Labute approximate surface area is 124 Å². The van der Waals surface area contributed by atoms with Gasteiger partial charge in [0.25, 0.3) is 0 Å². The van der Waals surface area contributed by atoms with Crippen molar-refractivity contribution in [3.63, 3.8) is 0 Å². The summed E-state index contributed by atoms with van der Waals surface area (Å²) in [5.74, 6) is 0. The van der Waals surface area contributed by atoms with E-state index in [9.17, 15) is 4.79 Å². The summed E-state index contributed by atoms with van der Waals surface area (Å²) in [6.07, 6.45) is 2.68. The van der Waals surface area contributed by atoms with E-state index in [1.165, 1.54) is 4.90 Å². The van der Waals surface area contributed by atoms with Crippen molar-refractivity contribution in [2.45, 2.75) is 43.9 Å². The second kappa shape index (κ2) is 6.27. The first kappa shape index (κ1) is 14.9. The third kappa shape index (κ3) is 3.31. The molecule has 0 atom stereocenters. The second-order valence-corrected chi connectivity index (χ2v) is 6.97. The van der Waals surface area contributed by atoms with E-state index in [-0.39, 0.29) is 6.04 Å². The predicted molar refractivity (Wildman–Crippen MR) is 84.4 cm³/mol. The van der Waals surface area contributed by atoms with Crippen LogP contribution >= 0.6 is 11.8 Å². The molecule has 2 rings (SSSR count). The number of carbonyl (C=O) groups excluding carboxylic acids is 1. The van der Waals surface area contributed by atoms with Gasteiger partial charge in [-0.15, -0.1) is 11.8 Å². The summed E-state index contributed by atoms with van der Waals surface area (Å²) in [6.45, 7) is 8.45. The van der Waals surface area contributed by atoms with Gasteiger partial charge in [0.15, 0.2) is 6.29 Å². The van der Waals surface area contributed by atoms with Gasteiger partial charge in [0.05, 0.1) is 5.56 Å². The van der Waals surface area contributed by atoms with Crippen molar-refractivity contribution in [3.05, 3.63) is 36.0 Å². The van der Waals surface area contributed by atoms with E-state index in [2.05, 4.69) is 31.1 Å². The van der Waals surface area contributed by atoms with E-state index in [0.29, 0.717) is 10.8 Å². The summed E-state index contributed by atoms with van der Waals surface area (Å²) in [4.78, 5) is 12.4. The summed E-state index contributed by atoms with van der Waals surface area (Å²) in [5.41, 5.74) is 2.39. The molecule has 0 aliphatic rings. The van der Waals surface area contributed by atoms with Crippen molar-refractivity contribution in [1.29, 1.82) is 0 Å². The van der Waals surface area contributed by atoms with E-state index < -0.39 is 0 Å². The first-order valence-corrected chi connectivity index (χ1v) is 7.70. The lowest BCUT2D eigenvalue weighted by Crippen LogP contribution is -2.00. The number of benzene rings is 1. The highest BCUT2D eigenvalue weighted by molar-refractivity contribution is 7.99. The maximum absolute atomic E-state index is 11.2. The molecular weight excluding hydrogens is 268 g/mol. The van der Waals surface area contributed by atoms with Gasteiger partial charge in [-0.1, -0.05) is 26.0 Å². The minimum atomic E-state index is 0.248. The Morgan fingerprint density at radius 3 is 2.30 bits per heavy atom. The molecule has 0 fully saturated rings. The highest BCUT2D eigenvalue weighted by Gasteiger charge is 2.12. The fourth-order valence-electron chi connectivity index (χ4n) is 1.94. The van der Waals surface area contributed by atoms with Gasteiger partial charge in [-0.25, -0.2) is 0 Å². The minimum Gasteiger partial charge on any atom is -0.298 e. The first-order valence-electron chi connectivity index (χ1n) is 6.82. The van der Waals surface area contributed by atoms with Crippen LogP contribution in [0.3, 0.4) is 0 Å². The van der Waals surface area contributed by atoms with Crippen molar-refractivity contribution in [2.75, 3.05) is 0 Å². The van der Waals surface area contributed by atoms with Crippen LogP contribution in [0.4, 0.5) is 0 Å². The van der Waals surface area contributed by atoms with Crippen molar-refractivity contribution < 1.29 is 4.79 Å². The van der Waals surface area contributed by atoms with Crippen LogP contribution in [0.2, 0.25) is 0 Å². The number of thioether (sulfide) groups is 1. The zero-order valence-electron chi connectivity index (χ0n) is 12.3. The molecule has 0 aliphatic heterocycles. The Morgan fingerprint density at radius 2 is 1.80 bits per heavy atom. The highest BCUT2D eigenvalue weighted by atomic mass is 32.2. The third-order valence-electron chi connectivity index (χ3n) is 2.92. The molecule has 0 unspecified atom stereocenters. The number of rotatable bonds is 5. The average Bonchev–Trinajstić information content (AvgIpc) is 2.83. The highest BCUT2D eigenvalue weighted by Crippen LogP contribution is 2.27. The van der Waals surface area contributed by atoms with E-state index in [1.807, 2.05) is 48.6 Å². The van der Waals surface area contributed by atoms with Gasteiger partial charge >= 0.3 is 0 Å². The molecule has 20 heavy (non-hydrogen) atoms. The largest absolute Gasteiger partial charge is 0.298 e. The SMILES string of the molecule is CC(C)Sc1ccc(-c2nn(C(C)C)cc2C=O)cc1. The standard InChI is InChI=1S/C16H20N2OS/c1-11(2)18-9-14(10-19)16(17-18)13-5-7-15(8-6-13)20-12(3)4/h5-12H,1-4H3. The van der Waals surface area contributed by atoms with Crippen LogP contribution in [0, 0.1) is 0 Å². The number of carbonyl (C=O) groups is 1. The smallest absolute Gasteiger partial charge is 0.153 e. The van der Waals surface area contributed by atoms with Gasteiger partial charge in [-0.2, -0.15) is 5.10 Å². The Hall–Kier alpha value is -1.55. The van der Waals surface area contributed by atoms with E-state index in [1.54, 1.807) is 0 Å². The number of aldehydes is 1. The van der Waals surface area contributed by atoms with Crippen LogP contribution in [0.1, 0.15) is 44.1 Å². The molecule has 1 aromatic heterocycles. The van der Waals surface area contributed by atoms with E-state index in [0.717, 1.165) is 17.5 Å². The van der Waals surface area contributed by atoms with Crippen molar-refractivity contribution in [1.82, 2.24) is 9.78 Å². The molecule has 1 heterocycles. The van der Waals surface area contributed by atoms with Gasteiger partial charge in [0.2, 0.25) is 0 Å². The van der Waals surface area contributed by atoms with Crippen molar-refractivity contribution in [2.24, 2.45) is 0 Å². The second-order valence-electron chi connectivity index (χ2n) is 5.32. The molecule has 0 spiro atoms. The van der Waals surface area contributed by atoms with E-state index >= 15 is 0 Å². The zero-order valence-corrected chi connectivity index (χ0v) is 13.1. The van der Waals surface area contributed by atoms with E-state index in [4.69, 9.17) is 0 Å². The molecule has 1 aromatic carbocycles. The molecule has 106 valence electrons. The Morgan fingerprint density at radius 1 is 1.15 bits per heavy atom. The fraction of sp³-hybridized carbons (Fsp3) is 0.375. The average molecular weight is 288 g/mol. The normalized spacial score (nSPS) is 11.3. The van der Waals surface area contributed by atoms with Gasteiger partial charge < -0.3 is 0 Å². The molecule has 0 radical (unpaired) electrons. The quantitative estimate of drug-likeness (QED) is 0.602. The lowest BCUT2D eigenvalue weighted by atomic mass is 10.1. The topological polar surface area (TPSA) is 34.9 Å². The van der Waals surface area contributed by atoms with Crippen LogP contribution in [0.5, 0.6) is 0 Å². The maximum Gasteiger partial charge on any atom is 0.153 e. The van der Waals surface area contributed by atoms with Crippen LogP contribution in [-0.4, -0.2) is 21.3 Å². The van der Waals surface area contributed by atoms with Crippen LogP contribution < -0.4 is 0 Å². The number of nitrogens with zero attached hydrogens (tertiary/aromatic N) is 2. The molecule has 2 aromatic rings. The van der Waals surface area contributed by atoms with Crippen molar-refractivity contribution >= 4 is 18.0 Å². The lowest BCUT2D eigenvalue weighted by molar-refractivity contribution is 0.112. The summed E-state index contributed by atoms with van der Waals surface area (Å²) in [7, 11) is 0. The number of hydrogen-bond acceptors (Lipinski definition) is 3. The molecule has 0 saturated heterocycles. The maximum atomic E-state index is 11.2. The molecular formula is C16H20N2OS. The van der Waals surface area contributed by atoms with Crippen LogP contribution in [-0.2, 0) is 0 Å². The van der Waals surface area contributed by atoms with Gasteiger partial charge in [-0.05, 0) is 26.0 Å². The molecule has 0 N–H and O–H groups in total. The zero-order chi connectivity index (χ0) is 14.7. The minimum absolute atomic E-state index is 0.248. The Bertz CT molecular complexity index is 585. The first-order chi connectivity index (χ1) is 9.51. The summed E-state index contributed by atoms with van der Waals surface area (Å²) >= 11 is 1.83. The molecule has 4 heteroatoms. The van der Waals surface area contributed by atoms with Gasteiger partial charge in [-0.3, -0.25) is 9.48 Å². The third-order valence-corrected chi connectivity index (χ3v) is 3.93. The Balaban J connectivity index is 2.33. The molecule has 3 nitrogen and oxygen atoms in total. The molecule has 0 saturated carbocycles. The predicted octanol–water partition coefficient (Wildman–Crippen LogP) is 4.44. The molecule has 0 amide bonds. The summed E-state index contributed by atoms with van der Waals surface area (Å²) in [6, 6.07) is 8.49. The van der Waals surface area contributed by atoms with Gasteiger partial charge in [0, 0.05) is 27.9 Å². The number of aromatic nitrogens is 2. The molecule has 0 bridgehead atoms. The van der Waals surface area contributed by atoms with Crippen molar-refractivity contribution in [3.8, 4) is 11.3 Å². The monoisotopic (exact) mass is 288 g/mol. The number of hydrogen-bond donors (Lipinski definition) is 0. The fourth-order valence-corrected chi connectivity index (χ4v) is 2.78. The van der Waals surface area contributed by atoms with Crippen LogP contribution in [0.25, 0.3) is 11.3 Å². The Kier molecular flexibility index (Phi) is 4.65. The summed E-state index contributed by atoms with van der Waals surface area (Å²) in [5, 5.41) is 5.08. The lowest BCUT2D eigenvalue weighted by Gasteiger charge is -2.06. The van der Waals surface area contributed by atoms with Crippen LogP contribution in [0.15, 0.2) is 35.4 Å². The van der Waals surface area contributed by atoms with Gasteiger partial charge in [0.1, 0.15) is 5.69 Å².